The van der Waals surface area contributed by atoms with Crippen molar-refractivity contribution in [1.29, 1.82) is 0 Å². The van der Waals surface area contributed by atoms with Gasteiger partial charge in [0.05, 0.1) is 13.2 Å². The molecule has 0 atom stereocenters. The molecule has 0 bridgehead atoms. The van der Waals surface area contributed by atoms with Gasteiger partial charge in [0, 0.05) is 5.41 Å². The van der Waals surface area contributed by atoms with Gasteiger partial charge in [-0.05, 0) is 0 Å². The Labute approximate surface area is 82.6 Å². The Morgan fingerprint density at radius 1 is 1.09 bits per heavy atom. The SMILES string of the molecule is CC(C)(CO)CO.ClP(Cl)Cl. The zero-order chi connectivity index (χ0) is 9.49. The van der Waals surface area contributed by atoms with E-state index in [1.54, 1.807) is 13.8 Å². The molecule has 0 fully saturated rings. The van der Waals surface area contributed by atoms with Gasteiger partial charge < -0.3 is 10.2 Å². The molecule has 0 aromatic carbocycles. The van der Waals surface area contributed by atoms with Crippen LogP contribution in [0.3, 0.4) is 0 Å². The van der Waals surface area contributed by atoms with E-state index in [4.69, 9.17) is 43.9 Å². The van der Waals surface area contributed by atoms with Gasteiger partial charge in [0.1, 0.15) is 0 Å². The molecule has 0 rings (SSSR count). The van der Waals surface area contributed by atoms with Gasteiger partial charge in [0.2, 0.25) is 0 Å². The molecule has 0 aromatic heterocycles. The minimum absolute atomic E-state index is 0.0451. The molecule has 2 nitrogen and oxygen atoms in total. The van der Waals surface area contributed by atoms with Crippen molar-refractivity contribution >= 4 is 39.7 Å². The first-order valence-electron chi connectivity index (χ1n) is 2.85. The van der Waals surface area contributed by atoms with Crippen LogP contribution >= 0.6 is 39.7 Å². The summed E-state index contributed by atoms with van der Waals surface area (Å²) >= 11 is 14.6. The molecule has 0 amide bonds. The average molecular weight is 241 g/mol. The molecule has 6 heteroatoms. The highest BCUT2D eigenvalue weighted by Gasteiger charge is 2.13. The first-order chi connectivity index (χ1) is 4.85. The molecule has 0 aliphatic rings. The van der Waals surface area contributed by atoms with Crippen LogP contribution in [0.15, 0.2) is 0 Å². The summed E-state index contributed by atoms with van der Waals surface area (Å²) < 4.78 is 0. The number of halogens is 3. The fraction of sp³-hybridized carbons (Fsp3) is 1.00. The molecular formula is C5H12Cl3O2P. The van der Waals surface area contributed by atoms with E-state index in [0.29, 0.717) is 0 Å². The standard InChI is InChI=1S/C5H12O2.Cl3P/c1-5(2,3-6)4-7;1-4(2)3/h6-7H,3-4H2,1-2H3;. The number of hydrogen-bond acceptors (Lipinski definition) is 2. The predicted molar refractivity (Wildman–Crippen MR) is 52.4 cm³/mol. The molecule has 0 aromatic rings. The fourth-order valence-corrected chi connectivity index (χ4v) is 0.0500. The summed E-state index contributed by atoms with van der Waals surface area (Å²) in [5, 5.41) is 16.9. The second-order valence-electron chi connectivity index (χ2n) is 2.67. The molecule has 0 unspecified atom stereocenters. The van der Waals surface area contributed by atoms with Crippen molar-refractivity contribution in [3.63, 3.8) is 0 Å². The molecule has 0 aliphatic heterocycles. The predicted octanol–water partition coefficient (Wildman–Crippen LogP) is 2.93. The average Bonchev–Trinajstić information content (AvgIpc) is 1.87. The highest BCUT2D eigenvalue weighted by molar-refractivity contribution is 8.20. The van der Waals surface area contributed by atoms with E-state index < -0.39 is 5.98 Å². The van der Waals surface area contributed by atoms with Crippen molar-refractivity contribution < 1.29 is 10.2 Å². The minimum Gasteiger partial charge on any atom is -0.396 e. The van der Waals surface area contributed by atoms with Crippen LogP contribution in [-0.2, 0) is 0 Å². The van der Waals surface area contributed by atoms with Crippen LogP contribution in [-0.4, -0.2) is 23.4 Å². The second kappa shape index (κ2) is 7.85. The summed E-state index contributed by atoms with van der Waals surface area (Å²) in [5.74, 6) is -1.20. The third kappa shape index (κ3) is 18.3. The molecular weight excluding hydrogens is 229 g/mol. The van der Waals surface area contributed by atoms with E-state index in [-0.39, 0.29) is 18.6 Å². The van der Waals surface area contributed by atoms with Crippen LogP contribution in [0.25, 0.3) is 0 Å². The molecule has 2 N–H and O–H groups in total. The molecule has 0 radical (unpaired) electrons. The third-order valence-electron chi connectivity index (χ3n) is 0.856. The van der Waals surface area contributed by atoms with Crippen LogP contribution in [0.5, 0.6) is 0 Å². The maximum Gasteiger partial charge on any atom is 0.179 e. The first-order valence-corrected chi connectivity index (χ1v) is 6.90. The van der Waals surface area contributed by atoms with Gasteiger partial charge in [0.25, 0.3) is 0 Å². The lowest BCUT2D eigenvalue weighted by molar-refractivity contribution is 0.0857. The molecule has 0 saturated heterocycles. The van der Waals surface area contributed by atoms with E-state index in [2.05, 4.69) is 0 Å². The summed E-state index contributed by atoms with van der Waals surface area (Å²) in [6.07, 6.45) is 0. The summed E-state index contributed by atoms with van der Waals surface area (Å²) in [6.45, 7) is 3.69. The van der Waals surface area contributed by atoms with Crippen LogP contribution in [0.2, 0.25) is 0 Å². The van der Waals surface area contributed by atoms with Gasteiger partial charge in [-0.25, -0.2) is 0 Å². The van der Waals surface area contributed by atoms with Crippen molar-refractivity contribution in [2.24, 2.45) is 5.41 Å². The van der Waals surface area contributed by atoms with Gasteiger partial charge in [-0.3, -0.25) is 0 Å². The number of rotatable bonds is 2. The summed E-state index contributed by atoms with van der Waals surface area (Å²) in [4.78, 5) is 0. The summed E-state index contributed by atoms with van der Waals surface area (Å²) in [6, 6.07) is 0. The van der Waals surface area contributed by atoms with Crippen LogP contribution < -0.4 is 0 Å². The Morgan fingerprint density at radius 2 is 1.27 bits per heavy atom. The first kappa shape index (κ1) is 14.7. The lowest BCUT2D eigenvalue weighted by atomic mass is 9.97. The zero-order valence-electron chi connectivity index (χ0n) is 6.39. The quantitative estimate of drug-likeness (QED) is 0.730. The Hall–Kier alpha value is 1.22. The fourth-order valence-electron chi connectivity index (χ4n) is 0.0500. The number of aliphatic hydroxyl groups excluding tert-OH is 2. The monoisotopic (exact) mass is 240 g/mol. The topological polar surface area (TPSA) is 40.5 Å². The maximum absolute atomic E-state index is 8.43. The van der Waals surface area contributed by atoms with Crippen LogP contribution in [0, 0.1) is 5.41 Å². The van der Waals surface area contributed by atoms with Crippen LogP contribution in [0.4, 0.5) is 0 Å². The highest BCUT2D eigenvalue weighted by atomic mass is 36.0. The second-order valence-corrected chi connectivity index (χ2v) is 7.66. The van der Waals surface area contributed by atoms with E-state index in [1.165, 1.54) is 0 Å². The molecule has 0 spiro atoms. The molecule has 0 saturated carbocycles. The normalized spacial score (nSPS) is 10.9. The van der Waals surface area contributed by atoms with E-state index in [9.17, 15) is 0 Å². The van der Waals surface area contributed by atoms with Crippen molar-refractivity contribution in [2.45, 2.75) is 13.8 Å². The van der Waals surface area contributed by atoms with Crippen LogP contribution in [0.1, 0.15) is 13.8 Å². The molecule has 0 heterocycles. The summed E-state index contributed by atoms with van der Waals surface area (Å²) in [5.41, 5.74) is -0.306. The molecule has 0 aliphatic carbocycles. The molecule has 11 heavy (non-hydrogen) atoms. The summed E-state index contributed by atoms with van der Waals surface area (Å²) in [7, 11) is 0. The van der Waals surface area contributed by atoms with Gasteiger partial charge >= 0.3 is 0 Å². The zero-order valence-corrected chi connectivity index (χ0v) is 9.55. The van der Waals surface area contributed by atoms with Gasteiger partial charge in [0.15, 0.2) is 5.98 Å². The molecule has 70 valence electrons. The van der Waals surface area contributed by atoms with Crippen molar-refractivity contribution in [1.82, 2.24) is 0 Å². The van der Waals surface area contributed by atoms with Gasteiger partial charge in [-0.2, -0.15) is 0 Å². The Morgan fingerprint density at radius 3 is 1.27 bits per heavy atom. The van der Waals surface area contributed by atoms with Crippen molar-refractivity contribution in [3.05, 3.63) is 0 Å². The van der Waals surface area contributed by atoms with Crippen molar-refractivity contribution in [3.8, 4) is 0 Å². The highest BCUT2D eigenvalue weighted by Crippen LogP contribution is 2.51. The van der Waals surface area contributed by atoms with E-state index in [0.717, 1.165) is 0 Å². The Kier molecular flexibility index (Phi) is 10.5. The lowest BCUT2D eigenvalue weighted by Gasteiger charge is -2.16. The Bertz CT molecular complexity index is 81.0. The smallest absolute Gasteiger partial charge is 0.179 e. The van der Waals surface area contributed by atoms with E-state index in [1.807, 2.05) is 0 Å². The van der Waals surface area contributed by atoms with Crippen molar-refractivity contribution in [2.75, 3.05) is 13.2 Å². The maximum atomic E-state index is 8.43. The van der Waals surface area contributed by atoms with E-state index >= 15 is 0 Å². The lowest BCUT2D eigenvalue weighted by Crippen LogP contribution is -2.20. The Balaban J connectivity index is 0. The third-order valence-corrected chi connectivity index (χ3v) is 0.856. The number of hydrogen-bond donors (Lipinski definition) is 2. The van der Waals surface area contributed by atoms with Gasteiger partial charge in [-0.1, -0.05) is 47.6 Å². The van der Waals surface area contributed by atoms with Gasteiger partial charge in [-0.15, -0.1) is 0 Å². The largest absolute Gasteiger partial charge is 0.396 e. The number of aliphatic hydroxyl groups is 2. The minimum atomic E-state index is -1.20.